The average Bonchev–Trinajstić information content (AvgIpc) is 2.58. The Labute approximate surface area is 143 Å². The maximum Gasteiger partial charge on any atom is 0.434 e. The number of carbonyl (C=O) groups excluding carboxylic acids is 1. The summed E-state index contributed by atoms with van der Waals surface area (Å²) in [6, 6.07) is 0. The van der Waals surface area contributed by atoms with E-state index in [1.54, 1.807) is 0 Å². The van der Waals surface area contributed by atoms with E-state index in [9.17, 15) is 23.1 Å². The van der Waals surface area contributed by atoms with Gasteiger partial charge < -0.3 is 21.1 Å². The first kappa shape index (κ1) is 19.4. The molecule has 140 valence electrons. The van der Waals surface area contributed by atoms with Gasteiger partial charge in [0.05, 0.1) is 5.56 Å². The molecule has 0 aliphatic carbocycles. The number of piperidine rings is 1. The number of nitrogens with two attached hydrogens (primary N) is 1. The van der Waals surface area contributed by atoms with Crippen molar-refractivity contribution in [3.8, 4) is 0 Å². The predicted molar refractivity (Wildman–Crippen MR) is 84.6 cm³/mol. The molecule has 1 saturated heterocycles. The SMILES string of the molecule is Nc1ncc(C(=O)NCCCN2CCC[C@H](CO)C2)c(C(F)(F)F)n1. The van der Waals surface area contributed by atoms with Crippen LogP contribution in [0.25, 0.3) is 0 Å². The van der Waals surface area contributed by atoms with Crippen molar-refractivity contribution >= 4 is 11.9 Å². The number of hydrogen-bond donors (Lipinski definition) is 3. The van der Waals surface area contributed by atoms with Gasteiger partial charge in [0.15, 0.2) is 5.69 Å². The number of nitrogens with one attached hydrogen (secondary N) is 1. The normalized spacial score (nSPS) is 19.0. The topological polar surface area (TPSA) is 104 Å². The van der Waals surface area contributed by atoms with Crippen molar-refractivity contribution in [3.63, 3.8) is 0 Å². The smallest absolute Gasteiger partial charge is 0.396 e. The standard InChI is InChI=1S/C15H22F3N5O2/c16-15(17,18)12-11(7-21-14(19)22-12)13(25)20-4-2-6-23-5-1-3-10(8-23)9-24/h7,10,24H,1-6,8-9H2,(H,20,25)(H2,19,21,22)/t10-/m0/s1. The van der Waals surface area contributed by atoms with Crippen LogP contribution < -0.4 is 11.1 Å². The van der Waals surface area contributed by atoms with Gasteiger partial charge in [-0.1, -0.05) is 0 Å². The Morgan fingerprint density at radius 2 is 2.24 bits per heavy atom. The molecular formula is C15H22F3N5O2. The second-order valence-corrected chi connectivity index (χ2v) is 6.09. The van der Waals surface area contributed by atoms with Crippen LogP contribution in [0.15, 0.2) is 6.20 Å². The maximum absolute atomic E-state index is 12.9. The highest BCUT2D eigenvalue weighted by atomic mass is 19.4. The molecule has 25 heavy (non-hydrogen) atoms. The molecule has 0 radical (unpaired) electrons. The Hall–Kier alpha value is -1.94. The lowest BCUT2D eigenvalue weighted by molar-refractivity contribution is -0.141. The van der Waals surface area contributed by atoms with Gasteiger partial charge in [0.2, 0.25) is 5.95 Å². The van der Waals surface area contributed by atoms with Crippen LogP contribution in [0.2, 0.25) is 0 Å². The number of aromatic nitrogens is 2. The summed E-state index contributed by atoms with van der Waals surface area (Å²) in [4.78, 5) is 20.8. The highest BCUT2D eigenvalue weighted by molar-refractivity contribution is 5.95. The Bertz CT molecular complexity index is 597. The molecule has 2 heterocycles. The Morgan fingerprint density at radius 1 is 1.48 bits per heavy atom. The van der Waals surface area contributed by atoms with Crippen LogP contribution in [0.5, 0.6) is 0 Å². The van der Waals surface area contributed by atoms with Gasteiger partial charge in [-0.3, -0.25) is 4.79 Å². The fourth-order valence-corrected chi connectivity index (χ4v) is 2.88. The molecule has 1 atom stereocenters. The summed E-state index contributed by atoms with van der Waals surface area (Å²) in [7, 11) is 0. The first-order valence-electron chi connectivity index (χ1n) is 8.12. The van der Waals surface area contributed by atoms with Crippen molar-refractivity contribution in [1.29, 1.82) is 0 Å². The molecule has 7 nitrogen and oxygen atoms in total. The van der Waals surface area contributed by atoms with E-state index in [1.165, 1.54) is 0 Å². The zero-order valence-corrected chi connectivity index (χ0v) is 13.7. The fraction of sp³-hybridized carbons (Fsp3) is 0.667. The summed E-state index contributed by atoms with van der Waals surface area (Å²) < 4.78 is 38.8. The highest BCUT2D eigenvalue weighted by Crippen LogP contribution is 2.30. The minimum atomic E-state index is -4.78. The molecule has 0 saturated carbocycles. The average molecular weight is 361 g/mol. The number of nitrogens with zero attached hydrogens (tertiary/aromatic N) is 3. The molecule has 1 aromatic rings. The molecule has 4 N–H and O–H groups in total. The van der Waals surface area contributed by atoms with Gasteiger partial charge in [0, 0.05) is 25.9 Å². The first-order chi connectivity index (χ1) is 11.8. The number of aliphatic hydroxyl groups excluding tert-OH is 1. The molecule has 1 aliphatic heterocycles. The van der Waals surface area contributed by atoms with Crippen LogP contribution in [0, 0.1) is 5.92 Å². The molecule has 1 aliphatic rings. The van der Waals surface area contributed by atoms with E-state index in [-0.39, 0.29) is 19.1 Å². The first-order valence-corrected chi connectivity index (χ1v) is 8.12. The molecule has 1 fully saturated rings. The number of amides is 1. The maximum atomic E-state index is 12.9. The number of halogens is 3. The summed E-state index contributed by atoms with van der Waals surface area (Å²) in [6.45, 7) is 2.83. The summed E-state index contributed by atoms with van der Waals surface area (Å²) in [5.74, 6) is -1.14. The van der Waals surface area contributed by atoms with E-state index in [0.29, 0.717) is 13.0 Å². The van der Waals surface area contributed by atoms with Crippen molar-refractivity contribution in [3.05, 3.63) is 17.5 Å². The van der Waals surface area contributed by atoms with Gasteiger partial charge >= 0.3 is 6.18 Å². The third kappa shape index (κ3) is 5.53. The largest absolute Gasteiger partial charge is 0.434 e. The van der Waals surface area contributed by atoms with E-state index < -0.39 is 29.3 Å². The number of hydrogen-bond acceptors (Lipinski definition) is 6. The summed E-state index contributed by atoms with van der Waals surface area (Å²) in [6.07, 6.45) is -1.38. The number of nitrogen functional groups attached to an aromatic ring is 1. The second kappa shape index (κ2) is 8.43. The van der Waals surface area contributed by atoms with E-state index in [2.05, 4.69) is 20.2 Å². The van der Waals surface area contributed by atoms with Crippen LogP contribution >= 0.6 is 0 Å². The highest BCUT2D eigenvalue weighted by Gasteiger charge is 2.37. The lowest BCUT2D eigenvalue weighted by Gasteiger charge is -2.31. The second-order valence-electron chi connectivity index (χ2n) is 6.09. The monoisotopic (exact) mass is 361 g/mol. The van der Waals surface area contributed by atoms with Crippen molar-refractivity contribution in [2.24, 2.45) is 5.92 Å². The van der Waals surface area contributed by atoms with Crippen LogP contribution in [0.4, 0.5) is 19.1 Å². The van der Waals surface area contributed by atoms with Crippen LogP contribution in [0.3, 0.4) is 0 Å². The van der Waals surface area contributed by atoms with Gasteiger partial charge in [0.1, 0.15) is 0 Å². The minimum absolute atomic E-state index is 0.157. The number of carbonyl (C=O) groups is 1. The number of anilines is 1. The van der Waals surface area contributed by atoms with E-state index in [0.717, 1.165) is 32.1 Å². The quantitative estimate of drug-likeness (QED) is 0.651. The van der Waals surface area contributed by atoms with Gasteiger partial charge in [-0.2, -0.15) is 13.2 Å². The van der Waals surface area contributed by atoms with Crippen molar-refractivity contribution in [1.82, 2.24) is 20.2 Å². The lowest BCUT2D eigenvalue weighted by Crippen LogP contribution is -2.38. The van der Waals surface area contributed by atoms with Crippen molar-refractivity contribution < 1.29 is 23.1 Å². The van der Waals surface area contributed by atoms with Crippen LogP contribution in [-0.4, -0.2) is 58.7 Å². The molecule has 2 rings (SSSR count). The lowest BCUT2D eigenvalue weighted by atomic mass is 9.99. The van der Waals surface area contributed by atoms with Crippen molar-refractivity contribution in [2.75, 3.05) is 38.5 Å². The fourth-order valence-electron chi connectivity index (χ4n) is 2.88. The van der Waals surface area contributed by atoms with Crippen LogP contribution in [-0.2, 0) is 6.18 Å². The van der Waals surface area contributed by atoms with Gasteiger partial charge in [0.25, 0.3) is 5.91 Å². The molecule has 1 amide bonds. The van der Waals surface area contributed by atoms with E-state index >= 15 is 0 Å². The zero-order chi connectivity index (χ0) is 18.4. The molecule has 1 aromatic heterocycles. The molecule has 10 heteroatoms. The molecular weight excluding hydrogens is 339 g/mol. The molecule has 0 bridgehead atoms. The third-order valence-corrected chi connectivity index (χ3v) is 4.12. The predicted octanol–water partition coefficient (Wildman–Crippen LogP) is 0.902. The van der Waals surface area contributed by atoms with Gasteiger partial charge in [-0.15, -0.1) is 0 Å². The zero-order valence-electron chi connectivity index (χ0n) is 13.7. The number of alkyl halides is 3. The number of likely N-dealkylation sites (tertiary alicyclic amines) is 1. The number of rotatable bonds is 6. The summed E-state index contributed by atoms with van der Waals surface area (Å²) in [5, 5.41) is 11.7. The van der Waals surface area contributed by atoms with E-state index in [4.69, 9.17) is 5.73 Å². The van der Waals surface area contributed by atoms with Gasteiger partial charge in [-0.05, 0) is 38.3 Å². The van der Waals surface area contributed by atoms with Crippen molar-refractivity contribution in [2.45, 2.75) is 25.4 Å². The molecule has 0 aromatic carbocycles. The summed E-state index contributed by atoms with van der Waals surface area (Å²) >= 11 is 0. The third-order valence-electron chi connectivity index (χ3n) is 4.12. The minimum Gasteiger partial charge on any atom is -0.396 e. The van der Waals surface area contributed by atoms with Crippen LogP contribution in [0.1, 0.15) is 35.3 Å². The Morgan fingerprint density at radius 3 is 2.92 bits per heavy atom. The number of aliphatic hydroxyl groups is 1. The summed E-state index contributed by atoms with van der Waals surface area (Å²) in [5.41, 5.74) is 3.20. The molecule has 0 unspecified atom stereocenters. The van der Waals surface area contributed by atoms with E-state index in [1.807, 2.05) is 0 Å². The Kier molecular flexibility index (Phi) is 6.54. The van der Waals surface area contributed by atoms with Gasteiger partial charge in [-0.25, -0.2) is 9.97 Å². The Balaban J connectivity index is 1.85. The molecule has 0 spiro atoms.